The Balaban J connectivity index is 1.97. The van der Waals surface area contributed by atoms with E-state index in [1.807, 2.05) is 67.6 Å². The molecule has 3 aromatic rings. The fourth-order valence-electron chi connectivity index (χ4n) is 3.63. The molecule has 1 unspecified atom stereocenters. The van der Waals surface area contributed by atoms with E-state index in [0.29, 0.717) is 16.5 Å². The highest BCUT2D eigenvalue weighted by Crippen LogP contribution is 2.25. The molecule has 2 amide bonds. The highest BCUT2D eigenvalue weighted by molar-refractivity contribution is 6.42. The lowest BCUT2D eigenvalue weighted by molar-refractivity contribution is -0.140. The van der Waals surface area contributed by atoms with E-state index >= 15 is 0 Å². The van der Waals surface area contributed by atoms with Crippen molar-refractivity contribution in [1.82, 2.24) is 10.2 Å². The van der Waals surface area contributed by atoms with E-state index in [1.165, 1.54) is 0 Å². The van der Waals surface area contributed by atoms with Gasteiger partial charge in [0.25, 0.3) is 0 Å². The minimum absolute atomic E-state index is 0.130. The molecule has 0 spiro atoms. The van der Waals surface area contributed by atoms with Crippen LogP contribution in [0.25, 0.3) is 0 Å². The van der Waals surface area contributed by atoms with Crippen molar-refractivity contribution in [3.63, 3.8) is 0 Å². The Morgan fingerprint density at radius 2 is 1.59 bits per heavy atom. The van der Waals surface area contributed by atoms with Crippen LogP contribution in [0.3, 0.4) is 0 Å². The predicted molar refractivity (Wildman–Crippen MR) is 130 cm³/mol. The number of aryl methyl sites for hydroxylation is 1. The normalized spacial score (nSPS) is 11.6. The van der Waals surface area contributed by atoms with Gasteiger partial charge in [-0.05, 0) is 41.3 Å². The molecule has 3 aromatic carbocycles. The molecule has 0 aliphatic rings. The molecule has 0 radical (unpaired) electrons. The van der Waals surface area contributed by atoms with Crippen LogP contribution in [0.2, 0.25) is 10.0 Å². The summed E-state index contributed by atoms with van der Waals surface area (Å²) < 4.78 is 0. The molecule has 0 aliphatic heterocycles. The molecular formula is C26H26Cl2N2O2. The number of nitrogens with one attached hydrogen (secondary N) is 1. The van der Waals surface area contributed by atoms with Crippen LogP contribution < -0.4 is 5.32 Å². The highest BCUT2D eigenvalue weighted by atomic mass is 35.5. The molecule has 0 bridgehead atoms. The predicted octanol–water partition coefficient (Wildman–Crippen LogP) is 5.23. The summed E-state index contributed by atoms with van der Waals surface area (Å²) in [6, 6.07) is 22.1. The van der Waals surface area contributed by atoms with E-state index in [9.17, 15) is 9.59 Å². The second-order valence-electron chi connectivity index (χ2n) is 7.69. The van der Waals surface area contributed by atoms with E-state index in [0.717, 1.165) is 22.3 Å². The fourth-order valence-corrected chi connectivity index (χ4v) is 3.95. The maximum atomic E-state index is 13.6. The second-order valence-corrected chi connectivity index (χ2v) is 8.51. The molecule has 0 saturated carbocycles. The van der Waals surface area contributed by atoms with Gasteiger partial charge >= 0.3 is 0 Å². The molecule has 1 N–H and O–H groups in total. The highest BCUT2D eigenvalue weighted by Gasteiger charge is 2.30. The molecule has 0 fully saturated rings. The maximum Gasteiger partial charge on any atom is 0.242 e. The van der Waals surface area contributed by atoms with Crippen molar-refractivity contribution in [2.45, 2.75) is 32.4 Å². The first-order chi connectivity index (χ1) is 15.4. The van der Waals surface area contributed by atoms with E-state index in [2.05, 4.69) is 5.32 Å². The van der Waals surface area contributed by atoms with Crippen LogP contribution in [0.15, 0.2) is 72.8 Å². The summed E-state index contributed by atoms with van der Waals surface area (Å²) in [5.41, 5.74) is 3.75. The lowest BCUT2D eigenvalue weighted by Gasteiger charge is -2.31. The molecule has 6 heteroatoms. The first kappa shape index (κ1) is 23.8. The van der Waals surface area contributed by atoms with Gasteiger partial charge in [0.1, 0.15) is 6.04 Å². The number of carbonyl (C=O) groups excluding carboxylic acids is 2. The SMILES string of the molecule is CNC(=O)C(Cc1ccccc1)N(Cc1ccc(Cl)c(Cl)c1)C(=O)Cc1ccccc1C. The van der Waals surface area contributed by atoms with Gasteiger partial charge in [-0.25, -0.2) is 0 Å². The summed E-state index contributed by atoms with van der Waals surface area (Å²) >= 11 is 12.3. The zero-order valence-corrected chi connectivity index (χ0v) is 19.7. The molecule has 0 aliphatic carbocycles. The molecule has 3 rings (SSSR count). The summed E-state index contributed by atoms with van der Waals surface area (Å²) in [6.07, 6.45) is 0.609. The zero-order chi connectivity index (χ0) is 23.1. The van der Waals surface area contributed by atoms with Gasteiger partial charge in [-0.15, -0.1) is 0 Å². The molecule has 0 saturated heterocycles. The van der Waals surface area contributed by atoms with Gasteiger partial charge in [0.15, 0.2) is 0 Å². The first-order valence-electron chi connectivity index (χ1n) is 10.4. The standard InChI is InChI=1S/C26H26Cl2N2O2/c1-18-8-6-7-11-21(18)16-25(31)30(17-20-12-13-22(27)23(28)14-20)24(26(32)29-2)15-19-9-4-3-5-10-19/h3-14,24H,15-17H2,1-2H3,(H,29,32). The Labute approximate surface area is 199 Å². The maximum absolute atomic E-state index is 13.6. The quantitative estimate of drug-likeness (QED) is 0.491. The van der Waals surface area contributed by atoms with E-state index in [1.54, 1.807) is 24.1 Å². The third kappa shape index (κ3) is 6.12. The van der Waals surface area contributed by atoms with Gasteiger partial charge in [0, 0.05) is 20.0 Å². The van der Waals surface area contributed by atoms with Crippen molar-refractivity contribution in [3.8, 4) is 0 Å². The van der Waals surface area contributed by atoms with Crippen molar-refractivity contribution >= 4 is 35.0 Å². The average molecular weight is 469 g/mol. The Kier molecular flexibility index (Phi) is 8.32. The monoisotopic (exact) mass is 468 g/mol. The number of hydrogen-bond acceptors (Lipinski definition) is 2. The average Bonchev–Trinajstić information content (AvgIpc) is 2.80. The van der Waals surface area contributed by atoms with Crippen molar-refractivity contribution in [3.05, 3.63) is 105 Å². The lowest BCUT2D eigenvalue weighted by atomic mass is 10.0. The zero-order valence-electron chi connectivity index (χ0n) is 18.1. The van der Waals surface area contributed by atoms with E-state index in [4.69, 9.17) is 23.2 Å². The summed E-state index contributed by atoms with van der Waals surface area (Å²) in [5, 5.41) is 3.58. The molecule has 1 atom stereocenters. The summed E-state index contributed by atoms with van der Waals surface area (Å²) in [7, 11) is 1.59. The third-order valence-electron chi connectivity index (χ3n) is 5.46. The smallest absolute Gasteiger partial charge is 0.242 e. The van der Waals surface area contributed by atoms with Crippen LogP contribution in [0.1, 0.15) is 22.3 Å². The summed E-state index contributed by atoms with van der Waals surface area (Å²) in [6.45, 7) is 2.22. The van der Waals surface area contributed by atoms with E-state index in [-0.39, 0.29) is 24.8 Å². The fraction of sp³-hybridized carbons (Fsp3) is 0.231. The molecule has 4 nitrogen and oxygen atoms in total. The molecular weight excluding hydrogens is 443 g/mol. The van der Waals surface area contributed by atoms with Crippen molar-refractivity contribution in [2.24, 2.45) is 0 Å². The van der Waals surface area contributed by atoms with Crippen LogP contribution in [-0.2, 0) is 29.0 Å². The van der Waals surface area contributed by atoms with Crippen LogP contribution in [0.4, 0.5) is 0 Å². The van der Waals surface area contributed by atoms with E-state index < -0.39 is 6.04 Å². The molecule has 32 heavy (non-hydrogen) atoms. The van der Waals surface area contributed by atoms with Crippen LogP contribution >= 0.6 is 23.2 Å². The number of likely N-dealkylation sites (N-methyl/N-ethyl adjacent to an activating group) is 1. The summed E-state index contributed by atoms with van der Waals surface area (Å²) in [4.78, 5) is 28.1. The number of nitrogens with zero attached hydrogens (tertiary/aromatic N) is 1. The number of halogens is 2. The summed E-state index contributed by atoms with van der Waals surface area (Å²) in [5.74, 6) is -0.345. The molecule has 0 heterocycles. The Morgan fingerprint density at radius 1 is 0.906 bits per heavy atom. The molecule has 0 aromatic heterocycles. The largest absolute Gasteiger partial charge is 0.357 e. The number of benzene rings is 3. The molecule has 166 valence electrons. The third-order valence-corrected chi connectivity index (χ3v) is 6.20. The van der Waals surface area contributed by atoms with Crippen LogP contribution in [-0.4, -0.2) is 29.8 Å². The Hall–Kier alpha value is -2.82. The minimum atomic E-state index is -0.673. The van der Waals surface area contributed by atoms with Crippen molar-refractivity contribution in [1.29, 1.82) is 0 Å². The van der Waals surface area contributed by atoms with Crippen molar-refractivity contribution < 1.29 is 9.59 Å². The van der Waals surface area contributed by atoms with Crippen LogP contribution in [0.5, 0.6) is 0 Å². The Morgan fingerprint density at radius 3 is 2.25 bits per heavy atom. The first-order valence-corrected chi connectivity index (χ1v) is 11.2. The number of hydrogen-bond donors (Lipinski definition) is 1. The van der Waals surface area contributed by atoms with Crippen molar-refractivity contribution in [2.75, 3.05) is 7.05 Å². The van der Waals surface area contributed by atoms with Gasteiger partial charge < -0.3 is 10.2 Å². The van der Waals surface area contributed by atoms with Crippen LogP contribution in [0, 0.1) is 6.92 Å². The van der Waals surface area contributed by atoms with Gasteiger partial charge in [-0.1, -0.05) is 83.9 Å². The second kappa shape index (κ2) is 11.2. The number of rotatable bonds is 8. The number of amides is 2. The van der Waals surface area contributed by atoms with Gasteiger partial charge in [0.2, 0.25) is 11.8 Å². The minimum Gasteiger partial charge on any atom is -0.357 e. The topological polar surface area (TPSA) is 49.4 Å². The van der Waals surface area contributed by atoms with Gasteiger partial charge in [0.05, 0.1) is 16.5 Å². The number of carbonyl (C=O) groups is 2. The van der Waals surface area contributed by atoms with Gasteiger partial charge in [-0.3, -0.25) is 9.59 Å². The lowest BCUT2D eigenvalue weighted by Crippen LogP contribution is -2.50. The van der Waals surface area contributed by atoms with Gasteiger partial charge in [-0.2, -0.15) is 0 Å². The Bertz CT molecular complexity index is 1090.